The molecule has 1 heterocycles. The molecule has 1 fully saturated rings. The average molecular weight is 259 g/mol. The molecule has 1 saturated heterocycles. The van der Waals surface area contributed by atoms with Crippen molar-refractivity contribution in [2.45, 2.75) is 45.6 Å². The standard InChI is InChI=1S/C12H21NO5/c1-8(14)10(11(15)16)13-5-4-9-17-6-12(2,3)7-18-9/h5,8-10,14H,4,6-7H2,1-3H3,(H,15,16)/t8-,10+/m1/s1. The van der Waals surface area contributed by atoms with Crippen molar-refractivity contribution in [3.8, 4) is 0 Å². The lowest BCUT2D eigenvalue weighted by Crippen LogP contribution is -2.38. The van der Waals surface area contributed by atoms with E-state index in [9.17, 15) is 9.90 Å². The number of hydrogen-bond donors (Lipinski definition) is 2. The molecular formula is C12H21NO5. The minimum Gasteiger partial charge on any atom is -0.480 e. The van der Waals surface area contributed by atoms with E-state index < -0.39 is 18.1 Å². The predicted molar refractivity (Wildman–Crippen MR) is 65.7 cm³/mol. The van der Waals surface area contributed by atoms with E-state index >= 15 is 0 Å². The van der Waals surface area contributed by atoms with Crippen molar-refractivity contribution in [2.75, 3.05) is 13.2 Å². The normalized spacial score (nSPS) is 24.0. The summed E-state index contributed by atoms with van der Waals surface area (Å²) < 4.78 is 10.9. The highest BCUT2D eigenvalue weighted by Crippen LogP contribution is 2.23. The van der Waals surface area contributed by atoms with Crippen LogP contribution in [0.5, 0.6) is 0 Å². The maximum Gasteiger partial charge on any atom is 0.331 e. The summed E-state index contributed by atoms with van der Waals surface area (Å²) in [5.41, 5.74) is 0.0108. The first-order chi connectivity index (χ1) is 8.32. The van der Waals surface area contributed by atoms with Crippen molar-refractivity contribution < 1.29 is 24.5 Å². The molecule has 1 aliphatic rings. The van der Waals surface area contributed by atoms with Gasteiger partial charge in [-0.15, -0.1) is 0 Å². The van der Waals surface area contributed by atoms with Gasteiger partial charge in [-0.25, -0.2) is 4.79 Å². The van der Waals surface area contributed by atoms with E-state index in [-0.39, 0.29) is 11.7 Å². The molecule has 2 atom stereocenters. The zero-order valence-electron chi connectivity index (χ0n) is 11.0. The number of carbonyl (C=O) groups is 1. The average Bonchev–Trinajstić information content (AvgIpc) is 2.25. The van der Waals surface area contributed by atoms with Gasteiger partial charge in [-0.1, -0.05) is 13.8 Å². The molecule has 0 aromatic heterocycles. The highest BCUT2D eigenvalue weighted by molar-refractivity contribution is 5.76. The van der Waals surface area contributed by atoms with Crippen LogP contribution >= 0.6 is 0 Å². The molecule has 2 N–H and O–H groups in total. The Bertz CT molecular complexity index is 304. The quantitative estimate of drug-likeness (QED) is 0.709. The van der Waals surface area contributed by atoms with Crippen molar-refractivity contribution in [3.05, 3.63) is 0 Å². The number of carboxylic acid groups (broad SMARTS) is 1. The molecule has 0 aromatic rings. The lowest BCUT2D eigenvalue weighted by Gasteiger charge is -2.34. The Morgan fingerprint density at radius 1 is 1.50 bits per heavy atom. The Kier molecular flexibility index (Phi) is 5.25. The lowest BCUT2D eigenvalue weighted by molar-refractivity contribution is -0.217. The van der Waals surface area contributed by atoms with Gasteiger partial charge in [0.15, 0.2) is 12.3 Å². The zero-order valence-corrected chi connectivity index (χ0v) is 11.0. The lowest BCUT2D eigenvalue weighted by atomic mass is 9.95. The number of ether oxygens (including phenoxy) is 2. The van der Waals surface area contributed by atoms with Crippen LogP contribution in [-0.4, -0.2) is 54.0 Å². The number of carboxylic acids is 1. The largest absolute Gasteiger partial charge is 0.480 e. The van der Waals surface area contributed by atoms with Gasteiger partial charge < -0.3 is 19.7 Å². The minimum absolute atomic E-state index is 0.0108. The number of hydrogen-bond acceptors (Lipinski definition) is 5. The van der Waals surface area contributed by atoms with Crippen LogP contribution < -0.4 is 0 Å². The molecule has 0 aromatic carbocycles. The Labute approximate surface area is 107 Å². The second kappa shape index (κ2) is 6.26. The molecule has 1 aliphatic heterocycles. The van der Waals surface area contributed by atoms with Crippen LogP contribution in [0.4, 0.5) is 0 Å². The summed E-state index contributed by atoms with van der Waals surface area (Å²) in [7, 11) is 0. The van der Waals surface area contributed by atoms with Crippen molar-refractivity contribution in [1.82, 2.24) is 0 Å². The molecule has 0 radical (unpaired) electrons. The fraction of sp³-hybridized carbons (Fsp3) is 0.833. The van der Waals surface area contributed by atoms with Crippen LogP contribution in [0.1, 0.15) is 27.2 Å². The van der Waals surface area contributed by atoms with Gasteiger partial charge in [0.25, 0.3) is 0 Å². The highest BCUT2D eigenvalue weighted by atomic mass is 16.7. The van der Waals surface area contributed by atoms with Crippen LogP contribution in [0.25, 0.3) is 0 Å². The van der Waals surface area contributed by atoms with Crippen LogP contribution in [0.2, 0.25) is 0 Å². The Balaban J connectivity index is 2.39. The van der Waals surface area contributed by atoms with E-state index in [0.29, 0.717) is 19.6 Å². The summed E-state index contributed by atoms with van der Waals surface area (Å²) in [5, 5.41) is 18.0. The molecule has 0 aliphatic carbocycles. The zero-order chi connectivity index (χ0) is 13.8. The highest BCUT2D eigenvalue weighted by Gasteiger charge is 2.28. The third kappa shape index (κ3) is 4.72. The number of nitrogens with zero attached hydrogens (tertiary/aromatic N) is 1. The Morgan fingerprint density at radius 3 is 2.50 bits per heavy atom. The molecule has 18 heavy (non-hydrogen) atoms. The maximum atomic E-state index is 10.8. The van der Waals surface area contributed by atoms with E-state index in [1.54, 1.807) is 0 Å². The molecule has 104 valence electrons. The topological polar surface area (TPSA) is 88.4 Å². The number of aliphatic hydroxyl groups excluding tert-OH is 1. The van der Waals surface area contributed by atoms with Gasteiger partial charge in [0.05, 0.1) is 19.3 Å². The van der Waals surface area contributed by atoms with Gasteiger partial charge in [0.1, 0.15) is 0 Å². The SMILES string of the molecule is C[C@@H](O)[C@H](N=CCC1OCC(C)(C)CO1)C(=O)O. The van der Waals surface area contributed by atoms with E-state index in [2.05, 4.69) is 4.99 Å². The van der Waals surface area contributed by atoms with Crippen molar-refractivity contribution >= 4 is 12.2 Å². The monoisotopic (exact) mass is 259 g/mol. The Morgan fingerprint density at radius 2 is 2.06 bits per heavy atom. The third-order valence-corrected chi connectivity index (χ3v) is 2.59. The molecule has 0 unspecified atom stereocenters. The van der Waals surface area contributed by atoms with Gasteiger partial charge in [0.2, 0.25) is 0 Å². The first kappa shape index (κ1) is 15.1. The smallest absolute Gasteiger partial charge is 0.331 e. The van der Waals surface area contributed by atoms with Gasteiger partial charge in [-0.2, -0.15) is 0 Å². The number of aliphatic imine (C=N–C) groups is 1. The predicted octanol–water partition coefficient (Wildman–Crippen LogP) is 0.680. The number of aliphatic carboxylic acids is 1. The first-order valence-electron chi connectivity index (χ1n) is 5.97. The van der Waals surface area contributed by atoms with Crippen LogP contribution in [0.3, 0.4) is 0 Å². The van der Waals surface area contributed by atoms with Gasteiger partial charge in [-0.05, 0) is 6.92 Å². The van der Waals surface area contributed by atoms with Gasteiger partial charge in [-0.3, -0.25) is 4.99 Å². The van der Waals surface area contributed by atoms with Gasteiger partial charge >= 0.3 is 5.97 Å². The molecular weight excluding hydrogens is 238 g/mol. The summed E-state index contributed by atoms with van der Waals surface area (Å²) in [5.74, 6) is -1.15. The van der Waals surface area contributed by atoms with E-state index in [1.165, 1.54) is 13.1 Å². The minimum atomic E-state index is -1.15. The molecule has 6 nitrogen and oxygen atoms in total. The van der Waals surface area contributed by atoms with Crippen LogP contribution in [-0.2, 0) is 14.3 Å². The second-order valence-electron chi connectivity index (χ2n) is 5.31. The van der Waals surface area contributed by atoms with Crippen molar-refractivity contribution in [1.29, 1.82) is 0 Å². The molecule has 0 saturated carbocycles. The van der Waals surface area contributed by atoms with Crippen LogP contribution in [0.15, 0.2) is 4.99 Å². The Hall–Kier alpha value is -0.980. The van der Waals surface area contributed by atoms with E-state index in [1.807, 2.05) is 13.8 Å². The fourth-order valence-corrected chi connectivity index (χ4v) is 1.52. The summed E-state index contributed by atoms with van der Waals surface area (Å²) >= 11 is 0. The molecule has 1 rings (SSSR count). The van der Waals surface area contributed by atoms with E-state index in [4.69, 9.17) is 14.6 Å². The second-order valence-corrected chi connectivity index (χ2v) is 5.31. The molecule has 0 amide bonds. The summed E-state index contributed by atoms with van der Waals surface area (Å²) in [6.45, 7) is 6.69. The third-order valence-electron chi connectivity index (χ3n) is 2.59. The maximum absolute atomic E-state index is 10.8. The summed E-state index contributed by atoms with van der Waals surface area (Å²) in [4.78, 5) is 14.6. The van der Waals surface area contributed by atoms with Crippen LogP contribution in [0, 0.1) is 5.41 Å². The first-order valence-corrected chi connectivity index (χ1v) is 5.97. The molecule has 0 spiro atoms. The van der Waals surface area contributed by atoms with E-state index in [0.717, 1.165) is 0 Å². The summed E-state index contributed by atoms with van der Waals surface area (Å²) in [6.07, 6.45) is 0.414. The van der Waals surface area contributed by atoms with Crippen molar-refractivity contribution in [2.24, 2.45) is 10.4 Å². The molecule has 6 heteroatoms. The van der Waals surface area contributed by atoms with Crippen molar-refractivity contribution in [3.63, 3.8) is 0 Å². The molecule has 0 bridgehead atoms. The summed E-state index contributed by atoms with van der Waals surface area (Å²) in [6, 6.07) is -1.13. The number of rotatable bonds is 5. The fourth-order valence-electron chi connectivity index (χ4n) is 1.52. The number of aliphatic hydroxyl groups is 1. The van der Waals surface area contributed by atoms with Gasteiger partial charge in [0, 0.05) is 18.1 Å².